The zero-order valence-corrected chi connectivity index (χ0v) is 14.8. The molecule has 0 aliphatic heterocycles. The Kier molecular flexibility index (Phi) is 4.52. The highest BCUT2D eigenvalue weighted by Crippen LogP contribution is 2.24. The van der Waals surface area contributed by atoms with Crippen LogP contribution in [0.15, 0.2) is 57.7 Å². The number of anilines is 1. The van der Waals surface area contributed by atoms with E-state index in [2.05, 4.69) is 25.6 Å². The first-order valence-electron chi connectivity index (χ1n) is 8.32. The molecule has 8 nitrogen and oxygen atoms in total. The molecule has 0 saturated carbocycles. The molecule has 136 valence electrons. The summed E-state index contributed by atoms with van der Waals surface area (Å²) in [6, 6.07) is 13.1. The molecule has 0 amide bonds. The summed E-state index contributed by atoms with van der Waals surface area (Å²) in [6.07, 6.45) is 1.68. The lowest BCUT2D eigenvalue weighted by Gasteiger charge is -2.03. The van der Waals surface area contributed by atoms with E-state index in [0.29, 0.717) is 24.1 Å². The summed E-state index contributed by atoms with van der Waals surface area (Å²) in [5.41, 5.74) is 2.41. The number of ether oxygens (including phenoxy) is 1. The maximum atomic E-state index is 5.36. The molecule has 0 aliphatic rings. The van der Waals surface area contributed by atoms with E-state index in [9.17, 15) is 0 Å². The third-order valence-electron chi connectivity index (χ3n) is 3.91. The van der Waals surface area contributed by atoms with Crippen molar-refractivity contribution in [3.05, 3.63) is 60.1 Å². The van der Waals surface area contributed by atoms with E-state index in [1.54, 1.807) is 13.3 Å². The van der Waals surface area contributed by atoms with Crippen molar-refractivity contribution in [2.75, 3.05) is 12.4 Å². The molecule has 8 heteroatoms. The zero-order chi connectivity index (χ0) is 18.6. The van der Waals surface area contributed by atoms with Crippen molar-refractivity contribution in [1.82, 2.24) is 20.3 Å². The van der Waals surface area contributed by atoms with Gasteiger partial charge in [0.15, 0.2) is 0 Å². The van der Waals surface area contributed by atoms with Crippen molar-refractivity contribution in [2.45, 2.75) is 13.5 Å². The summed E-state index contributed by atoms with van der Waals surface area (Å²) in [7, 11) is 1.62. The molecule has 0 bridgehead atoms. The van der Waals surface area contributed by atoms with Gasteiger partial charge in [-0.2, -0.15) is 4.98 Å². The Morgan fingerprint density at radius 1 is 1.00 bits per heavy atom. The van der Waals surface area contributed by atoms with Crippen LogP contribution in [0.5, 0.6) is 5.75 Å². The molecule has 3 heterocycles. The molecule has 0 aliphatic carbocycles. The second-order valence-electron chi connectivity index (χ2n) is 5.87. The van der Waals surface area contributed by atoms with Gasteiger partial charge in [-0.15, -0.1) is 0 Å². The lowest BCUT2D eigenvalue weighted by molar-refractivity contribution is 0.391. The lowest BCUT2D eigenvalue weighted by atomic mass is 10.2. The van der Waals surface area contributed by atoms with Crippen molar-refractivity contribution in [1.29, 1.82) is 0 Å². The predicted molar refractivity (Wildman–Crippen MR) is 98.1 cm³/mol. The molecule has 3 aromatic heterocycles. The molecule has 4 rings (SSSR count). The maximum absolute atomic E-state index is 5.36. The van der Waals surface area contributed by atoms with E-state index in [4.69, 9.17) is 13.8 Å². The number of nitrogens with one attached hydrogen (secondary N) is 1. The summed E-state index contributed by atoms with van der Waals surface area (Å²) < 4.78 is 15.5. The van der Waals surface area contributed by atoms with Gasteiger partial charge in [-0.05, 0) is 43.3 Å². The quantitative estimate of drug-likeness (QED) is 0.553. The fourth-order valence-corrected chi connectivity index (χ4v) is 2.51. The lowest BCUT2D eigenvalue weighted by Crippen LogP contribution is -2.01. The fourth-order valence-electron chi connectivity index (χ4n) is 2.51. The van der Waals surface area contributed by atoms with Crippen LogP contribution in [-0.4, -0.2) is 27.4 Å². The van der Waals surface area contributed by atoms with Crippen LogP contribution >= 0.6 is 0 Å². The Balaban J connectivity index is 1.45. The first-order valence-corrected chi connectivity index (χ1v) is 8.32. The van der Waals surface area contributed by atoms with Gasteiger partial charge in [-0.25, -0.2) is 4.98 Å². The Morgan fingerprint density at radius 2 is 1.81 bits per heavy atom. The minimum absolute atomic E-state index is 0.409. The number of rotatable bonds is 6. The molecule has 0 unspecified atom stereocenters. The monoisotopic (exact) mass is 363 g/mol. The Bertz CT molecular complexity index is 1020. The van der Waals surface area contributed by atoms with Crippen LogP contribution in [0.25, 0.3) is 22.8 Å². The average Bonchev–Trinajstić information content (AvgIpc) is 3.36. The summed E-state index contributed by atoms with van der Waals surface area (Å²) in [6.45, 7) is 2.39. The Morgan fingerprint density at radius 3 is 2.48 bits per heavy atom. The van der Waals surface area contributed by atoms with Crippen molar-refractivity contribution < 1.29 is 13.8 Å². The number of nitrogens with zero attached hydrogens (tertiary/aromatic N) is 4. The number of methoxy groups -OCH3 is 1. The number of hydrogen-bond acceptors (Lipinski definition) is 8. The number of hydrogen-bond donors (Lipinski definition) is 1. The van der Waals surface area contributed by atoms with Crippen LogP contribution in [0.1, 0.15) is 11.5 Å². The second kappa shape index (κ2) is 7.28. The van der Waals surface area contributed by atoms with Gasteiger partial charge in [0, 0.05) is 17.8 Å². The smallest absolute Gasteiger partial charge is 0.259 e. The number of aryl methyl sites for hydroxylation is 1. The summed E-state index contributed by atoms with van der Waals surface area (Å²) in [5.74, 6) is 3.19. The van der Waals surface area contributed by atoms with Gasteiger partial charge in [0.25, 0.3) is 5.89 Å². The van der Waals surface area contributed by atoms with Crippen molar-refractivity contribution >= 4 is 5.82 Å². The minimum atomic E-state index is 0.409. The molecule has 1 N–H and O–H groups in total. The van der Waals surface area contributed by atoms with Crippen LogP contribution < -0.4 is 10.1 Å². The number of pyridine rings is 1. The first-order chi connectivity index (χ1) is 13.2. The summed E-state index contributed by atoms with van der Waals surface area (Å²) in [5, 5.41) is 11.1. The van der Waals surface area contributed by atoms with Crippen LogP contribution in [0.3, 0.4) is 0 Å². The molecule has 0 radical (unpaired) electrons. The highest BCUT2D eigenvalue weighted by Gasteiger charge is 2.11. The SMILES string of the molecule is COc1ccc(-c2noc(-c3ccc(NCc4cc(C)on4)nc3)n2)cc1. The zero-order valence-electron chi connectivity index (χ0n) is 14.8. The molecule has 0 saturated heterocycles. The molecule has 4 aromatic rings. The van der Waals surface area contributed by atoms with Crippen molar-refractivity contribution in [3.63, 3.8) is 0 Å². The number of benzene rings is 1. The van der Waals surface area contributed by atoms with Crippen LogP contribution in [-0.2, 0) is 6.54 Å². The normalized spacial score (nSPS) is 10.7. The van der Waals surface area contributed by atoms with E-state index in [-0.39, 0.29) is 0 Å². The largest absolute Gasteiger partial charge is 0.497 e. The van der Waals surface area contributed by atoms with Crippen LogP contribution in [0, 0.1) is 6.92 Å². The van der Waals surface area contributed by atoms with Gasteiger partial charge in [0.2, 0.25) is 5.82 Å². The molecule has 0 fully saturated rings. The molecule has 1 aromatic carbocycles. The Labute approximate surface area is 155 Å². The molecule has 0 spiro atoms. The van der Waals surface area contributed by atoms with Crippen molar-refractivity contribution in [3.8, 4) is 28.6 Å². The highest BCUT2D eigenvalue weighted by molar-refractivity contribution is 5.60. The van der Waals surface area contributed by atoms with E-state index in [1.165, 1.54) is 0 Å². The van der Waals surface area contributed by atoms with Gasteiger partial charge >= 0.3 is 0 Å². The summed E-state index contributed by atoms with van der Waals surface area (Å²) in [4.78, 5) is 8.80. The standard InChI is InChI=1S/C19H17N5O3/c1-12-9-15(23-26-12)11-21-17-8-5-14(10-20-17)19-22-18(24-27-19)13-3-6-16(25-2)7-4-13/h3-10H,11H2,1-2H3,(H,20,21). The predicted octanol–water partition coefficient (Wildman–Crippen LogP) is 3.72. The molecular weight excluding hydrogens is 346 g/mol. The molecular formula is C19H17N5O3. The third kappa shape index (κ3) is 3.79. The van der Waals surface area contributed by atoms with Crippen LogP contribution in [0.4, 0.5) is 5.82 Å². The average molecular weight is 363 g/mol. The maximum Gasteiger partial charge on any atom is 0.259 e. The third-order valence-corrected chi connectivity index (χ3v) is 3.91. The fraction of sp³-hybridized carbons (Fsp3) is 0.158. The van der Waals surface area contributed by atoms with E-state index in [1.807, 2.05) is 49.4 Å². The van der Waals surface area contributed by atoms with Gasteiger partial charge in [-0.3, -0.25) is 0 Å². The van der Waals surface area contributed by atoms with Gasteiger partial charge in [0.1, 0.15) is 23.0 Å². The Hall–Kier alpha value is -3.68. The van der Waals surface area contributed by atoms with Gasteiger partial charge in [-0.1, -0.05) is 10.3 Å². The van der Waals surface area contributed by atoms with Crippen LogP contribution in [0.2, 0.25) is 0 Å². The second-order valence-corrected chi connectivity index (χ2v) is 5.87. The topological polar surface area (TPSA) is 99.1 Å². The molecule has 0 atom stereocenters. The van der Waals surface area contributed by atoms with E-state index in [0.717, 1.165) is 28.3 Å². The van der Waals surface area contributed by atoms with E-state index < -0.39 is 0 Å². The van der Waals surface area contributed by atoms with Gasteiger partial charge < -0.3 is 19.1 Å². The first kappa shape index (κ1) is 16.8. The summed E-state index contributed by atoms with van der Waals surface area (Å²) >= 11 is 0. The highest BCUT2D eigenvalue weighted by atomic mass is 16.5. The molecule has 27 heavy (non-hydrogen) atoms. The van der Waals surface area contributed by atoms with Gasteiger partial charge in [0.05, 0.1) is 19.2 Å². The minimum Gasteiger partial charge on any atom is -0.497 e. The van der Waals surface area contributed by atoms with E-state index >= 15 is 0 Å². The van der Waals surface area contributed by atoms with Crippen molar-refractivity contribution in [2.24, 2.45) is 0 Å². The number of aromatic nitrogens is 4.